The molecule has 17 heavy (non-hydrogen) atoms. The predicted octanol–water partition coefficient (Wildman–Crippen LogP) is 2.56. The first-order valence-corrected chi connectivity index (χ1v) is 4.99. The molecular weight excluding hydrogens is 223 g/mol. The van der Waals surface area contributed by atoms with Gasteiger partial charge in [-0.15, -0.1) is 0 Å². The van der Waals surface area contributed by atoms with E-state index in [1.54, 1.807) is 19.1 Å². The Labute approximate surface area is 97.2 Å². The van der Waals surface area contributed by atoms with Crippen molar-refractivity contribution in [2.75, 3.05) is 11.1 Å². The number of nitrogens with two attached hydrogens (primary N) is 1. The Morgan fingerprint density at radius 2 is 2.12 bits per heavy atom. The van der Waals surface area contributed by atoms with Gasteiger partial charge in [0.1, 0.15) is 11.6 Å². The largest absolute Gasteiger partial charge is 0.456 e. The summed E-state index contributed by atoms with van der Waals surface area (Å²) in [5.74, 6) is -0.0693. The Morgan fingerprint density at radius 3 is 2.71 bits per heavy atom. The van der Waals surface area contributed by atoms with Crippen LogP contribution in [0, 0.1) is 12.7 Å². The molecular formula is C12H11FN2O2. The van der Waals surface area contributed by atoms with Crippen LogP contribution >= 0.6 is 0 Å². The normalized spacial score (nSPS) is 10.2. The Hall–Kier alpha value is -2.30. The van der Waals surface area contributed by atoms with E-state index in [9.17, 15) is 9.18 Å². The molecule has 1 amide bonds. The molecule has 0 fully saturated rings. The lowest BCUT2D eigenvalue weighted by molar-refractivity contribution is 0.0995. The lowest BCUT2D eigenvalue weighted by Crippen LogP contribution is -2.11. The highest BCUT2D eigenvalue weighted by molar-refractivity contribution is 6.02. The Kier molecular flexibility index (Phi) is 2.82. The van der Waals surface area contributed by atoms with Gasteiger partial charge >= 0.3 is 0 Å². The number of anilines is 2. The summed E-state index contributed by atoms with van der Waals surface area (Å²) in [5, 5.41) is 2.56. The Morgan fingerprint density at radius 1 is 1.35 bits per heavy atom. The highest BCUT2D eigenvalue weighted by Gasteiger charge is 2.10. The monoisotopic (exact) mass is 234 g/mol. The van der Waals surface area contributed by atoms with Crippen molar-refractivity contribution in [3.63, 3.8) is 0 Å². The van der Waals surface area contributed by atoms with Crippen LogP contribution in [0.15, 0.2) is 34.7 Å². The van der Waals surface area contributed by atoms with E-state index < -0.39 is 11.7 Å². The number of rotatable bonds is 2. The minimum Gasteiger partial charge on any atom is -0.456 e. The van der Waals surface area contributed by atoms with Gasteiger partial charge in [-0.25, -0.2) is 4.39 Å². The van der Waals surface area contributed by atoms with E-state index in [4.69, 9.17) is 10.2 Å². The van der Waals surface area contributed by atoms with E-state index >= 15 is 0 Å². The highest BCUT2D eigenvalue weighted by Crippen LogP contribution is 2.17. The van der Waals surface area contributed by atoms with Gasteiger partial charge in [-0.1, -0.05) is 0 Å². The van der Waals surface area contributed by atoms with Gasteiger partial charge in [0, 0.05) is 5.69 Å². The average molecular weight is 234 g/mol. The summed E-state index contributed by atoms with van der Waals surface area (Å²) in [7, 11) is 0. The molecule has 0 radical (unpaired) electrons. The molecule has 5 heteroatoms. The molecule has 2 aromatic rings. The van der Waals surface area contributed by atoms with Crippen molar-refractivity contribution in [2.24, 2.45) is 0 Å². The number of carbonyl (C=O) groups is 1. The van der Waals surface area contributed by atoms with Crippen LogP contribution < -0.4 is 11.1 Å². The maximum absolute atomic E-state index is 12.9. The molecule has 1 aromatic carbocycles. The lowest BCUT2D eigenvalue weighted by atomic mass is 10.2. The van der Waals surface area contributed by atoms with E-state index in [1.165, 1.54) is 18.2 Å². The van der Waals surface area contributed by atoms with Gasteiger partial charge < -0.3 is 15.5 Å². The molecule has 0 saturated heterocycles. The molecule has 0 bridgehead atoms. The summed E-state index contributed by atoms with van der Waals surface area (Å²) in [6.45, 7) is 1.74. The fraction of sp³-hybridized carbons (Fsp3) is 0.0833. The highest BCUT2D eigenvalue weighted by atomic mass is 19.1. The molecule has 1 aromatic heterocycles. The van der Waals surface area contributed by atoms with Crippen molar-refractivity contribution in [3.8, 4) is 0 Å². The van der Waals surface area contributed by atoms with Gasteiger partial charge in [-0.05, 0) is 37.3 Å². The molecule has 3 N–H and O–H groups in total. The molecule has 4 nitrogen and oxygen atoms in total. The van der Waals surface area contributed by atoms with Crippen LogP contribution in [0.1, 0.15) is 16.3 Å². The molecule has 0 aliphatic carbocycles. The van der Waals surface area contributed by atoms with E-state index in [-0.39, 0.29) is 11.4 Å². The maximum Gasteiger partial charge on any atom is 0.291 e. The zero-order valence-corrected chi connectivity index (χ0v) is 9.16. The van der Waals surface area contributed by atoms with Crippen LogP contribution in [0.3, 0.4) is 0 Å². The number of aryl methyl sites for hydroxylation is 1. The topological polar surface area (TPSA) is 68.3 Å². The van der Waals surface area contributed by atoms with Crippen LogP contribution in [0.25, 0.3) is 0 Å². The van der Waals surface area contributed by atoms with E-state index in [0.29, 0.717) is 11.4 Å². The number of benzene rings is 1. The van der Waals surface area contributed by atoms with E-state index in [1.807, 2.05) is 0 Å². The third-order valence-electron chi connectivity index (χ3n) is 2.22. The predicted molar refractivity (Wildman–Crippen MR) is 62.2 cm³/mol. The summed E-state index contributed by atoms with van der Waals surface area (Å²) in [6, 6.07) is 7.23. The molecule has 88 valence electrons. The van der Waals surface area contributed by atoms with Crippen molar-refractivity contribution in [1.82, 2.24) is 0 Å². The van der Waals surface area contributed by atoms with Crippen molar-refractivity contribution in [1.29, 1.82) is 0 Å². The number of halogens is 1. The van der Waals surface area contributed by atoms with Crippen LogP contribution in [-0.2, 0) is 0 Å². The van der Waals surface area contributed by atoms with Crippen molar-refractivity contribution < 1.29 is 13.6 Å². The summed E-state index contributed by atoms with van der Waals surface area (Å²) >= 11 is 0. The van der Waals surface area contributed by atoms with E-state index in [2.05, 4.69) is 5.32 Å². The smallest absolute Gasteiger partial charge is 0.291 e. The zero-order valence-electron chi connectivity index (χ0n) is 9.16. The first-order chi connectivity index (χ1) is 8.06. The zero-order chi connectivity index (χ0) is 12.4. The first-order valence-electron chi connectivity index (χ1n) is 4.99. The van der Waals surface area contributed by atoms with Gasteiger partial charge in [0.05, 0.1) is 5.69 Å². The van der Waals surface area contributed by atoms with Crippen molar-refractivity contribution in [3.05, 3.63) is 47.7 Å². The van der Waals surface area contributed by atoms with Gasteiger partial charge in [-0.3, -0.25) is 4.79 Å². The number of amides is 1. The molecule has 0 aliphatic heterocycles. The Balaban J connectivity index is 2.15. The van der Waals surface area contributed by atoms with Crippen LogP contribution in [-0.4, -0.2) is 5.91 Å². The van der Waals surface area contributed by atoms with Gasteiger partial charge in [0.25, 0.3) is 5.91 Å². The molecule has 0 aliphatic rings. The van der Waals surface area contributed by atoms with Gasteiger partial charge in [-0.2, -0.15) is 0 Å². The third-order valence-corrected chi connectivity index (χ3v) is 2.22. The Bertz CT molecular complexity index is 563. The van der Waals surface area contributed by atoms with E-state index in [0.717, 1.165) is 0 Å². The molecule has 0 saturated carbocycles. The third kappa shape index (κ3) is 2.44. The fourth-order valence-corrected chi connectivity index (χ4v) is 1.37. The summed E-state index contributed by atoms with van der Waals surface area (Å²) in [4.78, 5) is 11.7. The second-order valence-corrected chi connectivity index (χ2v) is 3.60. The number of carbonyl (C=O) groups excluding carboxylic acids is 1. The van der Waals surface area contributed by atoms with Crippen molar-refractivity contribution >= 4 is 17.3 Å². The van der Waals surface area contributed by atoms with Crippen LogP contribution in [0.5, 0.6) is 0 Å². The quantitative estimate of drug-likeness (QED) is 0.784. The second kappa shape index (κ2) is 4.29. The van der Waals surface area contributed by atoms with Gasteiger partial charge in [0.15, 0.2) is 5.76 Å². The second-order valence-electron chi connectivity index (χ2n) is 3.60. The molecule has 1 heterocycles. The minimum atomic E-state index is -0.517. The summed E-state index contributed by atoms with van der Waals surface area (Å²) in [6.07, 6.45) is 0. The van der Waals surface area contributed by atoms with Crippen LogP contribution in [0.4, 0.5) is 15.8 Å². The summed E-state index contributed by atoms with van der Waals surface area (Å²) in [5.41, 5.74) is 5.79. The number of nitrogens with one attached hydrogen (secondary N) is 1. The molecule has 0 spiro atoms. The first kappa shape index (κ1) is 11.2. The van der Waals surface area contributed by atoms with Crippen molar-refractivity contribution in [2.45, 2.75) is 6.92 Å². The standard InChI is InChI=1S/C12H11FN2O2/c1-7-2-5-11(17-7)12(16)15-8-3-4-9(13)10(14)6-8/h2-6H,14H2,1H3,(H,15,16). The number of hydrogen-bond donors (Lipinski definition) is 2. The fourth-order valence-electron chi connectivity index (χ4n) is 1.37. The number of nitrogen functional groups attached to an aromatic ring is 1. The molecule has 0 atom stereocenters. The van der Waals surface area contributed by atoms with Crippen LogP contribution in [0.2, 0.25) is 0 Å². The molecule has 0 unspecified atom stereocenters. The molecule has 2 rings (SSSR count). The maximum atomic E-state index is 12.9. The van der Waals surface area contributed by atoms with Gasteiger partial charge in [0.2, 0.25) is 0 Å². The number of hydrogen-bond acceptors (Lipinski definition) is 3. The lowest BCUT2D eigenvalue weighted by Gasteiger charge is -2.04. The minimum absolute atomic E-state index is 0.0153. The average Bonchev–Trinajstić information content (AvgIpc) is 2.70. The number of furan rings is 1. The SMILES string of the molecule is Cc1ccc(C(=O)Nc2ccc(F)c(N)c2)o1. The summed E-state index contributed by atoms with van der Waals surface area (Å²) < 4.78 is 18.1.